The van der Waals surface area contributed by atoms with Crippen molar-refractivity contribution in [3.63, 3.8) is 0 Å². The Hall–Kier alpha value is -0.970. The van der Waals surface area contributed by atoms with Crippen molar-refractivity contribution in [2.75, 3.05) is 20.3 Å². The van der Waals surface area contributed by atoms with E-state index in [4.69, 9.17) is 15.2 Å². The summed E-state index contributed by atoms with van der Waals surface area (Å²) >= 11 is 0. The quantitative estimate of drug-likeness (QED) is 0.745. The van der Waals surface area contributed by atoms with Gasteiger partial charge in [-0.15, -0.1) is 0 Å². The summed E-state index contributed by atoms with van der Waals surface area (Å²) in [6, 6.07) is 6.35. The number of halogens is 1. The Bertz CT molecular complexity index is 333. The van der Waals surface area contributed by atoms with Gasteiger partial charge in [-0.05, 0) is 12.5 Å². The van der Waals surface area contributed by atoms with Crippen molar-refractivity contribution in [1.82, 2.24) is 0 Å². The Morgan fingerprint density at radius 1 is 1.29 bits per heavy atom. The molecule has 2 atom stereocenters. The van der Waals surface area contributed by atoms with Gasteiger partial charge in [0.2, 0.25) is 0 Å². The van der Waals surface area contributed by atoms with Gasteiger partial charge in [-0.25, -0.2) is 4.39 Å². The van der Waals surface area contributed by atoms with Crippen LogP contribution in [0.2, 0.25) is 0 Å². The van der Waals surface area contributed by atoms with Crippen LogP contribution in [0.5, 0.6) is 0 Å². The zero-order chi connectivity index (χ0) is 12.7. The zero-order valence-electron chi connectivity index (χ0n) is 10.4. The van der Waals surface area contributed by atoms with Gasteiger partial charge in [-0.3, -0.25) is 0 Å². The van der Waals surface area contributed by atoms with Crippen LogP contribution in [0.25, 0.3) is 0 Å². The van der Waals surface area contributed by atoms with Gasteiger partial charge in [0.1, 0.15) is 11.9 Å². The highest BCUT2D eigenvalue weighted by atomic mass is 19.1. The molecule has 0 amide bonds. The van der Waals surface area contributed by atoms with Gasteiger partial charge in [0.05, 0.1) is 13.2 Å². The highest BCUT2D eigenvalue weighted by molar-refractivity contribution is 5.21. The molecule has 0 aliphatic carbocycles. The SMILES string of the molecule is CCC(N)C(OCCOC)c1ccccc1F. The van der Waals surface area contributed by atoms with Crippen molar-refractivity contribution in [2.24, 2.45) is 5.73 Å². The van der Waals surface area contributed by atoms with Gasteiger partial charge in [0.15, 0.2) is 0 Å². The van der Waals surface area contributed by atoms with Crippen molar-refractivity contribution in [1.29, 1.82) is 0 Å². The fourth-order valence-electron chi connectivity index (χ4n) is 1.62. The largest absolute Gasteiger partial charge is 0.382 e. The summed E-state index contributed by atoms with van der Waals surface area (Å²) in [5.41, 5.74) is 6.48. The number of hydrogen-bond acceptors (Lipinski definition) is 3. The van der Waals surface area contributed by atoms with E-state index in [0.717, 1.165) is 6.42 Å². The van der Waals surface area contributed by atoms with Gasteiger partial charge in [-0.2, -0.15) is 0 Å². The molecule has 96 valence electrons. The molecule has 0 saturated heterocycles. The minimum atomic E-state index is -0.420. The maximum atomic E-state index is 13.7. The first-order valence-electron chi connectivity index (χ1n) is 5.81. The number of methoxy groups -OCH3 is 1. The first-order valence-corrected chi connectivity index (χ1v) is 5.81. The van der Waals surface area contributed by atoms with Crippen molar-refractivity contribution < 1.29 is 13.9 Å². The molecule has 1 aromatic rings. The fraction of sp³-hybridized carbons (Fsp3) is 0.538. The maximum Gasteiger partial charge on any atom is 0.129 e. The monoisotopic (exact) mass is 241 g/mol. The van der Waals surface area contributed by atoms with E-state index in [0.29, 0.717) is 18.8 Å². The van der Waals surface area contributed by atoms with E-state index in [1.54, 1.807) is 25.3 Å². The topological polar surface area (TPSA) is 44.5 Å². The Morgan fingerprint density at radius 3 is 2.59 bits per heavy atom. The minimum absolute atomic E-state index is 0.219. The van der Waals surface area contributed by atoms with Gasteiger partial charge in [-0.1, -0.05) is 25.1 Å². The van der Waals surface area contributed by atoms with Crippen LogP contribution in [0.15, 0.2) is 24.3 Å². The standard InChI is InChI=1S/C13H20FNO2/c1-3-12(15)13(17-9-8-16-2)10-6-4-5-7-11(10)14/h4-7,12-13H,3,8-9,15H2,1-2H3. The molecular formula is C13H20FNO2. The van der Waals surface area contributed by atoms with Crippen LogP contribution in [-0.2, 0) is 9.47 Å². The lowest BCUT2D eigenvalue weighted by Crippen LogP contribution is -2.31. The molecule has 3 nitrogen and oxygen atoms in total. The lowest BCUT2D eigenvalue weighted by atomic mass is 10.0. The second-order valence-corrected chi connectivity index (χ2v) is 3.88. The summed E-state index contributed by atoms with van der Waals surface area (Å²) in [7, 11) is 1.60. The van der Waals surface area contributed by atoms with E-state index >= 15 is 0 Å². The van der Waals surface area contributed by atoms with Crippen molar-refractivity contribution in [3.8, 4) is 0 Å². The summed E-state index contributed by atoms with van der Waals surface area (Å²) in [4.78, 5) is 0. The summed E-state index contributed by atoms with van der Waals surface area (Å²) < 4.78 is 24.2. The molecule has 2 N–H and O–H groups in total. The average Bonchev–Trinajstić information content (AvgIpc) is 2.35. The predicted molar refractivity (Wildman–Crippen MR) is 65.2 cm³/mol. The molecule has 0 heterocycles. The van der Waals surface area contributed by atoms with Crippen LogP contribution in [0.3, 0.4) is 0 Å². The van der Waals surface area contributed by atoms with Gasteiger partial charge in [0.25, 0.3) is 0 Å². The third kappa shape index (κ3) is 4.07. The van der Waals surface area contributed by atoms with Gasteiger partial charge >= 0.3 is 0 Å². The van der Waals surface area contributed by atoms with Crippen LogP contribution >= 0.6 is 0 Å². The molecule has 17 heavy (non-hydrogen) atoms. The van der Waals surface area contributed by atoms with E-state index < -0.39 is 6.10 Å². The summed E-state index contributed by atoms with van der Waals surface area (Å²) in [6.07, 6.45) is 0.308. The summed E-state index contributed by atoms with van der Waals surface area (Å²) in [5, 5.41) is 0. The zero-order valence-corrected chi connectivity index (χ0v) is 10.4. The van der Waals surface area contributed by atoms with Crippen molar-refractivity contribution in [2.45, 2.75) is 25.5 Å². The molecule has 0 aliphatic rings. The molecule has 0 aromatic heterocycles. The average molecular weight is 241 g/mol. The molecule has 1 rings (SSSR count). The first-order chi connectivity index (χ1) is 8.20. The smallest absolute Gasteiger partial charge is 0.129 e. The number of hydrogen-bond donors (Lipinski definition) is 1. The fourth-order valence-corrected chi connectivity index (χ4v) is 1.62. The van der Waals surface area contributed by atoms with Gasteiger partial charge < -0.3 is 15.2 Å². The number of benzene rings is 1. The van der Waals surface area contributed by atoms with Crippen LogP contribution < -0.4 is 5.73 Å². The lowest BCUT2D eigenvalue weighted by Gasteiger charge is -2.24. The molecule has 0 radical (unpaired) electrons. The molecule has 1 aromatic carbocycles. The number of rotatable bonds is 7. The molecule has 0 aliphatic heterocycles. The van der Waals surface area contributed by atoms with E-state index in [2.05, 4.69) is 0 Å². The van der Waals surface area contributed by atoms with Gasteiger partial charge in [0, 0.05) is 18.7 Å². The first kappa shape index (κ1) is 14.1. The second kappa shape index (κ2) is 7.37. The van der Waals surface area contributed by atoms with E-state index in [9.17, 15) is 4.39 Å². The molecular weight excluding hydrogens is 221 g/mol. The number of ether oxygens (including phenoxy) is 2. The molecule has 0 bridgehead atoms. The predicted octanol–water partition coefficient (Wildman–Crippen LogP) is 2.27. The van der Waals surface area contributed by atoms with Crippen LogP contribution in [-0.4, -0.2) is 26.4 Å². The molecule has 0 spiro atoms. The van der Waals surface area contributed by atoms with Crippen LogP contribution in [0.1, 0.15) is 25.0 Å². The Labute approximate surface area is 102 Å². The van der Waals surface area contributed by atoms with Crippen molar-refractivity contribution in [3.05, 3.63) is 35.6 Å². The Kier molecular flexibility index (Phi) is 6.11. The maximum absolute atomic E-state index is 13.7. The second-order valence-electron chi connectivity index (χ2n) is 3.88. The van der Waals surface area contributed by atoms with Crippen LogP contribution in [0, 0.1) is 5.82 Å². The molecule has 0 saturated carbocycles. The van der Waals surface area contributed by atoms with E-state index in [1.807, 2.05) is 6.92 Å². The summed E-state index contributed by atoms with van der Waals surface area (Å²) in [6.45, 7) is 2.84. The van der Waals surface area contributed by atoms with E-state index in [1.165, 1.54) is 6.07 Å². The summed E-state index contributed by atoms with van der Waals surface area (Å²) in [5.74, 6) is -0.279. The number of nitrogens with two attached hydrogens (primary N) is 1. The van der Waals surface area contributed by atoms with E-state index in [-0.39, 0.29) is 11.9 Å². The highest BCUT2D eigenvalue weighted by Gasteiger charge is 2.21. The lowest BCUT2D eigenvalue weighted by molar-refractivity contribution is 0.00104. The highest BCUT2D eigenvalue weighted by Crippen LogP contribution is 2.24. The van der Waals surface area contributed by atoms with Crippen LogP contribution in [0.4, 0.5) is 4.39 Å². The Balaban J connectivity index is 2.79. The normalized spacial score (nSPS) is 14.6. The minimum Gasteiger partial charge on any atom is -0.382 e. The molecule has 0 fully saturated rings. The third-order valence-corrected chi connectivity index (χ3v) is 2.66. The third-order valence-electron chi connectivity index (χ3n) is 2.66. The molecule has 4 heteroatoms. The Morgan fingerprint density at radius 2 is 2.00 bits per heavy atom. The van der Waals surface area contributed by atoms with Crippen molar-refractivity contribution >= 4 is 0 Å². The molecule has 2 unspecified atom stereocenters.